The molecule has 2 aliphatic rings. The van der Waals surface area contributed by atoms with E-state index in [-0.39, 0.29) is 17.4 Å². The predicted molar refractivity (Wildman–Crippen MR) is 73.9 cm³/mol. The molecule has 0 aromatic rings. The van der Waals surface area contributed by atoms with Gasteiger partial charge in [0.05, 0.1) is 11.5 Å². The van der Waals surface area contributed by atoms with Gasteiger partial charge in [0, 0.05) is 6.61 Å². The molecule has 1 N–H and O–H groups in total. The molecule has 0 aliphatic carbocycles. The van der Waals surface area contributed by atoms with Crippen LogP contribution in [0.25, 0.3) is 0 Å². The third-order valence-corrected chi connectivity index (χ3v) is 5.84. The zero-order valence-corrected chi connectivity index (χ0v) is 12.2. The molecular formula is C14H24O3S. The van der Waals surface area contributed by atoms with Crippen LogP contribution in [-0.4, -0.2) is 34.8 Å². The van der Waals surface area contributed by atoms with Gasteiger partial charge in [-0.3, -0.25) is 4.79 Å². The lowest BCUT2D eigenvalue weighted by molar-refractivity contribution is -0.147. The molecule has 104 valence electrons. The molecule has 3 unspecified atom stereocenters. The van der Waals surface area contributed by atoms with E-state index in [1.807, 2.05) is 18.7 Å². The number of carboxylic acids is 1. The topological polar surface area (TPSA) is 46.5 Å². The van der Waals surface area contributed by atoms with E-state index >= 15 is 0 Å². The first kappa shape index (κ1) is 14.2. The van der Waals surface area contributed by atoms with Crippen molar-refractivity contribution < 1.29 is 14.6 Å². The molecule has 3 nitrogen and oxygen atoms in total. The molecule has 1 spiro atoms. The second kappa shape index (κ2) is 5.83. The third-order valence-electron chi connectivity index (χ3n) is 4.86. The van der Waals surface area contributed by atoms with Crippen LogP contribution in [0.2, 0.25) is 0 Å². The Balaban J connectivity index is 1.99. The van der Waals surface area contributed by atoms with E-state index in [2.05, 4.69) is 6.92 Å². The highest BCUT2D eigenvalue weighted by Gasteiger charge is 2.41. The van der Waals surface area contributed by atoms with Crippen molar-refractivity contribution in [2.24, 2.45) is 17.8 Å². The summed E-state index contributed by atoms with van der Waals surface area (Å²) in [6, 6.07) is 0. The maximum Gasteiger partial charge on any atom is 0.306 e. The summed E-state index contributed by atoms with van der Waals surface area (Å²) in [5.74, 6) is 2.22. The average molecular weight is 272 g/mol. The van der Waals surface area contributed by atoms with E-state index in [1.54, 1.807) is 0 Å². The van der Waals surface area contributed by atoms with Crippen molar-refractivity contribution in [2.75, 3.05) is 18.1 Å². The van der Waals surface area contributed by atoms with Crippen molar-refractivity contribution >= 4 is 17.7 Å². The second-order valence-electron chi connectivity index (χ2n) is 5.88. The van der Waals surface area contributed by atoms with Crippen molar-refractivity contribution in [3.63, 3.8) is 0 Å². The first-order valence-corrected chi connectivity index (χ1v) is 8.14. The number of carbonyl (C=O) groups is 1. The Labute approximate surface area is 114 Å². The lowest BCUT2D eigenvalue weighted by Crippen LogP contribution is -2.45. The van der Waals surface area contributed by atoms with Crippen LogP contribution in [0, 0.1) is 17.8 Å². The molecule has 4 heteroatoms. The van der Waals surface area contributed by atoms with Crippen LogP contribution < -0.4 is 0 Å². The molecule has 3 atom stereocenters. The quantitative estimate of drug-likeness (QED) is 0.858. The molecule has 2 rings (SSSR count). The summed E-state index contributed by atoms with van der Waals surface area (Å²) in [5, 5.41) is 9.15. The fourth-order valence-corrected chi connectivity index (χ4v) is 4.48. The van der Waals surface area contributed by atoms with Gasteiger partial charge in [-0.05, 0) is 49.0 Å². The number of thioether (sulfide) groups is 1. The van der Waals surface area contributed by atoms with Gasteiger partial charge in [0.25, 0.3) is 0 Å². The van der Waals surface area contributed by atoms with E-state index < -0.39 is 5.97 Å². The highest BCUT2D eigenvalue weighted by Crippen LogP contribution is 2.43. The van der Waals surface area contributed by atoms with Gasteiger partial charge in [-0.25, -0.2) is 0 Å². The molecule has 0 saturated carbocycles. The highest BCUT2D eigenvalue weighted by atomic mass is 32.2. The monoisotopic (exact) mass is 272 g/mol. The summed E-state index contributed by atoms with van der Waals surface area (Å²) in [5.41, 5.74) is 0.0701. The van der Waals surface area contributed by atoms with Crippen LogP contribution in [0.3, 0.4) is 0 Å². The largest absolute Gasteiger partial charge is 0.481 e. The van der Waals surface area contributed by atoms with Crippen molar-refractivity contribution in [3.05, 3.63) is 0 Å². The van der Waals surface area contributed by atoms with Crippen molar-refractivity contribution in [2.45, 2.75) is 45.1 Å². The summed E-state index contributed by atoms with van der Waals surface area (Å²) >= 11 is 2.01. The SMILES string of the molecule is CC(C(=O)O)C(C)C1CCOC2(CCSCC2)C1. The highest BCUT2D eigenvalue weighted by molar-refractivity contribution is 7.99. The fourth-order valence-electron chi connectivity index (χ4n) is 3.24. The summed E-state index contributed by atoms with van der Waals surface area (Å²) in [7, 11) is 0. The van der Waals surface area contributed by atoms with E-state index in [0.29, 0.717) is 5.92 Å². The number of ether oxygens (including phenoxy) is 1. The molecule has 2 heterocycles. The van der Waals surface area contributed by atoms with E-state index in [1.165, 1.54) is 11.5 Å². The second-order valence-corrected chi connectivity index (χ2v) is 7.11. The lowest BCUT2D eigenvalue weighted by Gasteiger charge is -2.45. The summed E-state index contributed by atoms with van der Waals surface area (Å²) in [6.45, 7) is 4.75. The number of hydrogen-bond acceptors (Lipinski definition) is 3. The number of rotatable bonds is 3. The molecule has 2 saturated heterocycles. The zero-order valence-electron chi connectivity index (χ0n) is 11.4. The van der Waals surface area contributed by atoms with Gasteiger partial charge in [-0.15, -0.1) is 0 Å². The molecule has 18 heavy (non-hydrogen) atoms. The first-order chi connectivity index (χ1) is 8.54. The molecule has 0 aromatic carbocycles. The molecule has 0 radical (unpaired) electrons. The lowest BCUT2D eigenvalue weighted by atomic mass is 9.73. The number of hydrogen-bond donors (Lipinski definition) is 1. The average Bonchev–Trinajstić information content (AvgIpc) is 2.38. The standard InChI is InChI=1S/C14H24O3S/c1-10(11(2)13(15)16)12-3-6-17-14(9-12)4-7-18-8-5-14/h10-12H,3-9H2,1-2H3,(H,15,16). The minimum absolute atomic E-state index is 0.0701. The number of aliphatic carboxylic acids is 1. The van der Waals surface area contributed by atoms with Gasteiger partial charge in [0.2, 0.25) is 0 Å². The Hall–Kier alpha value is -0.220. The minimum atomic E-state index is -0.665. The Morgan fingerprint density at radius 2 is 2.06 bits per heavy atom. The Bertz CT molecular complexity index is 294. The normalized spacial score (nSPS) is 30.9. The van der Waals surface area contributed by atoms with E-state index in [9.17, 15) is 4.79 Å². The Morgan fingerprint density at radius 1 is 1.39 bits per heavy atom. The number of carboxylic acid groups (broad SMARTS) is 1. The smallest absolute Gasteiger partial charge is 0.306 e. The molecular weight excluding hydrogens is 248 g/mol. The minimum Gasteiger partial charge on any atom is -0.481 e. The zero-order chi connectivity index (χ0) is 13.2. The molecule has 0 aromatic heterocycles. The summed E-state index contributed by atoms with van der Waals surface area (Å²) in [4.78, 5) is 11.1. The predicted octanol–water partition coefficient (Wildman–Crippen LogP) is 3.04. The molecule has 0 amide bonds. The van der Waals surface area contributed by atoms with Gasteiger partial charge in [-0.2, -0.15) is 11.8 Å². The maximum absolute atomic E-state index is 11.1. The van der Waals surface area contributed by atoms with Crippen LogP contribution in [0.5, 0.6) is 0 Å². The van der Waals surface area contributed by atoms with Crippen LogP contribution in [0.1, 0.15) is 39.5 Å². The van der Waals surface area contributed by atoms with Gasteiger partial charge in [0.15, 0.2) is 0 Å². The summed E-state index contributed by atoms with van der Waals surface area (Å²) < 4.78 is 6.07. The third kappa shape index (κ3) is 3.02. The van der Waals surface area contributed by atoms with Crippen LogP contribution >= 0.6 is 11.8 Å². The van der Waals surface area contributed by atoms with Crippen LogP contribution in [-0.2, 0) is 9.53 Å². The molecule has 0 bridgehead atoms. The van der Waals surface area contributed by atoms with E-state index in [4.69, 9.17) is 9.84 Å². The van der Waals surface area contributed by atoms with Gasteiger partial charge < -0.3 is 9.84 Å². The van der Waals surface area contributed by atoms with Gasteiger partial charge in [0.1, 0.15) is 0 Å². The van der Waals surface area contributed by atoms with Crippen LogP contribution in [0.15, 0.2) is 0 Å². The molecule has 2 fully saturated rings. The Morgan fingerprint density at radius 3 is 2.67 bits per heavy atom. The first-order valence-electron chi connectivity index (χ1n) is 6.99. The van der Waals surface area contributed by atoms with Crippen molar-refractivity contribution in [1.29, 1.82) is 0 Å². The van der Waals surface area contributed by atoms with Gasteiger partial charge >= 0.3 is 5.97 Å². The van der Waals surface area contributed by atoms with E-state index in [0.717, 1.165) is 32.3 Å². The van der Waals surface area contributed by atoms with Crippen molar-refractivity contribution in [3.8, 4) is 0 Å². The van der Waals surface area contributed by atoms with Crippen molar-refractivity contribution in [1.82, 2.24) is 0 Å². The van der Waals surface area contributed by atoms with Crippen LogP contribution in [0.4, 0.5) is 0 Å². The molecule has 2 aliphatic heterocycles. The fraction of sp³-hybridized carbons (Fsp3) is 0.929. The summed E-state index contributed by atoms with van der Waals surface area (Å²) in [6.07, 6.45) is 4.37. The Kier molecular flexibility index (Phi) is 4.59. The van der Waals surface area contributed by atoms with Gasteiger partial charge in [-0.1, -0.05) is 13.8 Å². The maximum atomic E-state index is 11.1.